The average molecular weight is 438 g/mol. The van der Waals surface area contributed by atoms with Gasteiger partial charge in [-0.2, -0.15) is 0 Å². The minimum absolute atomic E-state index is 0.205. The van der Waals surface area contributed by atoms with E-state index < -0.39 is 17.9 Å². The summed E-state index contributed by atoms with van der Waals surface area (Å²) in [4.78, 5) is 23.0. The SMILES string of the molecule is O=NC1C=CC=C2OC3C=CC(CCC(CCCc4ccc(Cl)cc4)C(=O)O)=CC3=C21. The highest BCUT2D eigenvalue weighted by atomic mass is 35.5. The van der Waals surface area contributed by atoms with E-state index in [1.54, 1.807) is 12.2 Å². The van der Waals surface area contributed by atoms with Crippen molar-refractivity contribution in [2.45, 2.75) is 44.2 Å². The zero-order valence-corrected chi connectivity index (χ0v) is 17.8. The first kappa shape index (κ1) is 21.3. The predicted octanol–water partition coefficient (Wildman–Crippen LogP) is 5.92. The quantitative estimate of drug-likeness (QED) is 0.486. The van der Waals surface area contributed by atoms with Crippen LogP contribution in [0.25, 0.3) is 0 Å². The Morgan fingerprint density at radius 1 is 1.16 bits per heavy atom. The molecule has 3 unspecified atom stereocenters. The Balaban J connectivity index is 1.38. The van der Waals surface area contributed by atoms with Crippen LogP contribution in [0.4, 0.5) is 0 Å². The third kappa shape index (κ3) is 4.88. The number of carbonyl (C=O) groups is 1. The Morgan fingerprint density at radius 2 is 1.97 bits per heavy atom. The summed E-state index contributed by atoms with van der Waals surface area (Å²) in [6.45, 7) is 0. The fourth-order valence-corrected chi connectivity index (χ4v) is 4.42. The highest BCUT2D eigenvalue weighted by molar-refractivity contribution is 6.30. The molecule has 0 bridgehead atoms. The van der Waals surface area contributed by atoms with Gasteiger partial charge in [0.2, 0.25) is 0 Å². The molecule has 3 aliphatic rings. The van der Waals surface area contributed by atoms with Gasteiger partial charge in [-0.25, -0.2) is 0 Å². The summed E-state index contributed by atoms with van der Waals surface area (Å²) in [5, 5.41) is 13.6. The highest BCUT2D eigenvalue weighted by Gasteiger charge is 2.35. The van der Waals surface area contributed by atoms with Crippen molar-refractivity contribution < 1.29 is 14.6 Å². The van der Waals surface area contributed by atoms with Gasteiger partial charge in [-0.3, -0.25) is 4.79 Å². The molecule has 0 amide bonds. The van der Waals surface area contributed by atoms with Crippen molar-refractivity contribution in [3.05, 3.63) is 98.7 Å². The summed E-state index contributed by atoms with van der Waals surface area (Å²) < 4.78 is 5.92. The molecule has 1 aliphatic heterocycles. The number of aryl methyl sites for hydroxylation is 1. The van der Waals surface area contributed by atoms with Gasteiger partial charge in [0.1, 0.15) is 17.9 Å². The van der Waals surface area contributed by atoms with Crippen LogP contribution in [0, 0.1) is 10.8 Å². The monoisotopic (exact) mass is 437 g/mol. The number of carboxylic acids is 1. The van der Waals surface area contributed by atoms with Gasteiger partial charge >= 0.3 is 5.97 Å². The molecule has 2 aliphatic carbocycles. The van der Waals surface area contributed by atoms with Gasteiger partial charge in [0.15, 0.2) is 0 Å². The van der Waals surface area contributed by atoms with Gasteiger partial charge in [0.05, 0.1) is 5.92 Å². The summed E-state index contributed by atoms with van der Waals surface area (Å²) in [6.07, 6.45) is 14.7. The normalized spacial score (nSPS) is 22.2. The molecule has 0 saturated heterocycles. The summed E-state index contributed by atoms with van der Waals surface area (Å²) >= 11 is 5.91. The van der Waals surface area contributed by atoms with Crippen molar-refractivity contribution >= 4 is 17.6 Å². The van der Waals surface area contributed by atoms with Gasteiger partial charge in [0.25, 0.3) is 0 Å². The van der Waals surface area contributed by atoms with Crippen LogP contribution in [-0.2, 0) is 16.0 Å². The lowest BCUT2D eigenvalue weighted by Crippen LogP contribution is -2.15. The van der Waals surface area contributed by atoms with Crippen LogP contribution in [0.15, 0.2) is 88.4 Å². The maximum absolute atomic E-state index is 11.8. The average Bonchev–Trinajstić information content (AvgIpc) is 3.15. The van der Waals surface area contributed by atoms with Crippen molar-refractivity contribution in [1.29, 1.82) is 0 Å². The molecule has 1 aromatic rings. The second-order valence-corrected chi connectivity index (χ2v) is 8.48. The van der Waals surface area contributed by atoms with Crippen molar-refractivity contribution in [2.75, 3.05) is 0 Å². The maximum atomic E-state index is 11.8. The van der Waals surface area contributed by atoms with E-state index in [1.807, 2.05) is 48.6 Å². The van der Waals surface area contributed by atoms with Crippen molar-refractivity contribution in [1.82, 2.24) is 0 Å². The molecule has 0 radical (unpaired) electrons. The fourth-order valence-electron chi connectivity index (χ4n) is 4.29. The Hall–Kier alpha value is -2.92. The molecule has 0 spiro atoms. The number of ether oxygens (including phenoxy) is 1. The van der Waals surface area contributed by atoms with E-state index in [0.717, 1.165) is 35.1 Å². The third-order valence-corrected chi connectivity index (χ3v) is 6.23. The van der Waals surface area contributed by atoms with Crippen LogP contribution in [0.3, 0.4) is 0 Å². The summed E-state index contributed by atoms with van der Waals surface area (Å²) in [6, 6.07) is 7.14. The first-order valence-corrected chi connectivity index (χ1v) is 10.9. The number of fused-ring (bicyclic) bond motifs is 2. The molecule has 0 aromatic heterocycles. The van der Waals surface area contributed by atoms with Crippen LogP contribution in [-0.4, -0.2) is 23.2 Å². The van der Waals surface area contributed by atoms with Gasteiger partial charge in [-0.05, 0) is 67.5 Å². The molecule has 4 rings (SSSR count). The van der Waals surface area contributed by atoms with E-state index >= 15 is 0 Å². The number of nitroso groups, excluding NO2 is 1. The number of hydrogen-bond donors (Lipinski definition) is 1. The Bertz CT molecular complexity index is 1020. The molecular weight excluding hydrogens is 414 g/mol. The largest absolute Gasteiger partial charge is 0.481 e. The van der Waals surface area contributed by atoms with Gasteiger partial charge in [0, 0.05) is 16.2 Å². The molecule has 1 heterocycles. The van der Waals surface area contributed by atoms with E-state index in [1.165, 1.54) is 0 Å². The molecule has 1 N–H and O–H groups in total. The lowest BCUT2D eigenvalue weighted by Gasteiger charge is -2.17. The lowest BCUT2D eigenvalue weighted by molar-refractivity contribution is -0.142. The van der Waals surface area contributed by atoms with Crippen LogP contribution in [0.1, 0.15) is 31.2 Å². The number of aliphatic carboxylic acids is 1. The molecule has 0 fully saturated rings. The standard InChI is InChI=1S/C25H24ClNO4/c26-19-12-8-16(9-13-19)3-1-4-18(25(28)29)11-7-17-10-14-22-20(15-17)24-21(27-30)5-2-6-23(24)31-22/h2,5-6,8-10,12-15,18,21-22H,1,3-4,7,11H2,(H,28,29). The van der Waals surface area contributed by atoms with Crippen LogP contribution >= 0.6 is 11.6 Å². The van der Waals surface area contributed by atoms with Gasteiger partial charge in [-0.1, -0.05) is 53.2 Å². The summed E-state index contributed by atoms with van der Waals surface area (Å²) in [7, 11) is 0. The first-order chi connectivity index (χ1) is 15.0. The fraction of sp³-hybridized carbons (Fsp3) is 0.320. The topological polar surface area (TPSA) is 76.0 Å². The smallest absolute Gasteiger partial charge is 0.306 e. The van der Waals surface area contributed by atoms with E-state index in [0.29, 0.717) is 30.0 Å². The molecule has 5 nitrogen and oxygen atoms in total. The Morgan fingerprint density at radius 3 is 2.71 bits per heavy atom. The van der Waals surface area contributed by atoms with Crippen LogP contribution in [0.5, 0.6) is 0 Å². The Kier molecular flexibility index (Phi) is 6.52. The molecule has 0 saturated carbocycles. The first-order valence-electron chi connectivity index (χ1n) is 10.5. The number of carboxylic acid groups (broad SMARTS) is 1. The highest BCUT2D eigenvalue weighted by Crippen LogP contribution is 2.40. The van der Waals surface area contributed by atoms with Crippen molar-refractivity contribution in [2.24, 2.45) is 11.1 Å². The third-order valence-electron chi connectivity index (χ3n) is 5.98. The van der Waals surface area contributed by atoms with Crippen LogP contribution < -0.4 is 0 Å². The molecule has 3 atom stereocenters. The Labute approximate surface area is 186 Å². The summed E-state index contributed by atoms with van der Waals surface area (Å²) in [5.74, 6) is -0.456. The summed E-state index contributed by atoms with van der Waals surface area (Å²) in [5.41, 5.74) is 3.98. The van der Waals surface area contributed by atoms with E-state index in [4.69, 9.17) is 16.3 Å². The lowest BCUT2D eigenvalue weighted by atomic mass is 9.88. The number of allylic oxidation sites excluding steroid dienone is 4. The molecule has 160 valence electrons. The minimum atomic E-state index is -0.756. The minimum Gasteiger partial charge on any atom is -0.481 e. The van der Waals surface area contributed by atoms with E-state index in [2.05, 4.69) is 5.18 Å². The maximum Gasteiger partial charge on any atom is 0.306 e. The van der Waals surface area contributed by atoms with Crippen LogP contribution in [0.2, 0.25) is 5.02 Å². The zero-order valence-electron chi connectivity index (χ0n) is 17.0. The van der Waals surface area contributed by atoms with E-state index in [9.17, 15) is 14.8 Å². The number of benzene rings is 1. The molecular formula is C25H24ClNO4. The predicted molar refractivity (Wildman–Crippen MR) is 121 cm³/mol. The molecule has 1 aromatic carbocycles. The van der Waals surface area contributed by atoms with Gasteiger partial charge in [-0.15, -0.1) is 4.91 Å². The number of hydrogen-bond acceptors (Lipinski definition) is 4. The van der Waals surface area contributed by atoms with E-state index in [-0.39, 0.29) is 6.10 Å². The second kappa shape index (κ2) is 9.48. The zero-order chi connectivity index (χ0) is 21.8. The van der Waals surface area contributed by atoms with Crippen molar-refractivity contribution in [3.8, 4) is 0 Å². The molecule has 31 heavy (non-hydrogen) atoms. The number of halogens is 1. The molecule has 6 heteroatoms. The van der Waals surface area contributed by atoms with Gasteiger partial charge < -0.3 is 9.84 Å². The van der Waals surface area contributed by atoms with Crippen molar-refractivity contribution in [3.63, 3.8) is 0 Å². The number of nitrogens with zero attached hydrogens (tertiary/aromatic N) is 1. The second-order valence-electron chi connectivity index (χ2n) is 8.04. The number of rotatable bonds is 9.